The second-order valence-corrected chi connectivity index (χ2v) is 7.86. The van der Waals surface area contributed by atoms with Crippen LogP contribution in [0.15, 0.2) is 51.7 Å². The average Bonchev–Trinajstić information content (AvgIpc) is 2.95. The molecule has 0 saturated heterocycles. The van der Waals surface area contributed by atoms with Gasteiger partial charge in [-0.05, 0) is 63.0 Å². The van der Waals surface area contributed by atoms with Crippen molar-refractivity contribution in [1.29, 1.82) is 0 Å². The Labute approximate surface area is 172 Å². The number of rotatable bonds is 5. The molecule has 0 fully saturated rings. The molecule has 150 valence electrons. The van der Waals surface area contributed by atoms with Crippen molar-refractivity contribution in [3.8, 4) is 0 Å². The van der Waals surface area contributed by atoms with Gasteiger partial charge in [-0.3, -0.25) is 9.59 Å². The van der Waals surface area contributed by atoms with Crippen LogP contribution in [0.25, 0.3) is 11.0 Å². The van der Waals surface area contributed by atoms with Crippen molar-refractivity contribution in [2.45, 2.75) is 12.5 Å². The van der Waals surface area contributed by atoms with Crippen LogP contribution in [0.3, 0.4) is 0 Å². The van der Waals surface area contributed by atoms with Gasteiger partial charge < -0.3 is 14.2 Å². The highest BCUT2D eigenvalue weighted by Gasteiger charge is 2.42. The van der Waals surface area contributed by atoms with Crippen LogP contribution in [0.1, 0.15) is 34.1 Å². The summed E-state index contributed by atoms with van der Waals surface area (Å²) in [4.78, 5) is 30.1. The van der Waals surface area contributed by atoms with Gasteiger partial charge in [0.25, 0.3) is 5.91 Å². The van der Waals surface area contributed by atoms with Gasteiger partial charge in [0.1, 0.15) is 11.4 Å². The molecule has 0 spiro atoms. The van der Waals surface area contributed by atoms with E-state index in [0.29, 0.717) is 11.6 Å². The lowest BCUT2D eigenvalue weighted by Gasteiger charge is -2.25. The molecule has 0 N–H and O–H groups in total. The zero-order valence-electron chi connectivity index (χ0n) is 16.1. The molecule has 5 nitrogen and oxygen atoms in total. The summed E-state index contributed by atoms with van der Waals surface area (Å²) in [7, 11) is 3.92. The van der Waals surface area contributed by atoms with E-state index < -0.39 is 11.9 Å². The number of benzene rings is 2. The fraction of sp³-hybridized carbons (Fsp3) is 0.273. The standard InChI is InChI=1S/C22H20ClFN2O3/c1-25(2)10-3-11-26-19(13-4-6-14(23)7-5-13)18-20(27)16-12-15(24)8-9-17(16)29-21(18)22(26)28/h4-9,12,19H,3,10-11H2,1-2H3. The second kappa shape index (κ2) is 7.61. The van der Waals surface area contributed by atoms with E-state index in [2.05, 4.69) is 0 Å². The molecular weight excluding hydrogens is 395 g/mol. The monoisotopic (exact) mass is 414 g/mol. The van der Waals surface area contributed by atoms with Crippen LogP contribution in [-0.2, 0) is 0 Å². The molecule has 1 amide bonds. The molecule has 7 heteroatoms. The summed E-state index contributed by atoms with van der Waals surface area (Å²) in [6, 6.07) is 10.2. The zero-order valence-corrected chi connectivity index (χ0v) is 16.9. The van der Waals surface area contributed by atoms with E-state index in [4.69, 9.17) is 16.0 Å². The first kappa shape index (κ1) is 19.6. The Balaban J connectivity index is 1.88. The van der Waals surface area contributed by atoms with Crippen LogP contribution >= 0.6 is 11.6 Å². The maximum Gasteiger partial charge on any atom is 0.290 e. The number of hydrogen-bond acceptors (Lipinski definition) is 4. The highest BCUT2D eigenvalue weighted by molar-refractivity contribution is 6.30. The molecule has 1 atom stereocenters. The highest BCUT2D eigenvalue weighted by Crippen LogP contribution is 2.38. The number of halogens is 2. The first-order valence-corrected chi connectivity index (χ1v) is 9.72. The van der Waals surface area contributed by atoms with Gasteiger partial charge in [0, 0.05) is 11.6 Å². The number of amides is 1. The predicted octanol–water partition coefficient (Wildman–Crippen LogP) is 4.08. The van der Waals surface area contributed by atoms with Crippen molar-refractivity contribution in [2.75, 3.05) is 27.2 Å². The Morgan fingerprint density at radius 1 is 1.14 bits per heavy atom. The van der Waals surface area contributed by atoms with E-state index in [-0.39, 0.29) is 33.6 Å². The lowest BCUT2D eigenvalue weighted by atomic mass is 9.98. The normalized spacial score (nSPS) is 16.1. The first-order chi connectivity index (χ1) is 13.9. The van der Waals surface area contributed by atoms with Gasteiger partial charge in [-0.2, -0.15) is 0 Å². The Morgan fingerprint density at radius 2 is 1.86 bits per heavy atom. The minimum Gasteiger partial charge on any atom is -0.450 e. The third kappa shape index (κ3) is 3.54. The van der Waals surface area contributed by atoms with E-state index in [1.165, 1.54) is 12.1 Å². The molecule has 2 aromatic carbocycles. The average molecular weight is 415 g/mol. The summed E-state index contributed by atoms with van der Waals surface area (Å²) in [5.41, 5.74) is 0.826. The Kier molecular flexibility index (Phi) is 5.15. The number of nitrogens with zero attached hydrogens (tertiary/aromatic N) is 2. The van der Waals surface area contributed by atoms with Gasteiger partial charge in [-0.1, -0.05) is 23.7 Å². The maximum atomic E-state index is 13.8. The maximum absolute atomic E-state index is 13.8. The SMILES string of the molecule is CN(C)CCCN1C(=O)c2oc3ccc(F)cc3c(=O)c2C1c1ccc(Cl)cc1. The summed E-state index contributed by atoms with van der Waals surface area (Å²) < 4.78 is 19.5. The third-order valence-electron chi connectivity index (χ3n) is 5.12. The van der Waals surface area contributed by atoms with Gasteiger partial charge in [0.05, 0.1) is 17.0 Å². The first-order valence-electron chi connectivity index (χ1n) is 9.34. The van der Waals surface area contributed by atoms with Crippen LogP contribution in [-0.4, -0.2) is 42.9 Å². The number of carbonyl (C=O) groups is 1. The second-order valence-electron chi connectivity index (χ2n) is 7.42. The van der Waals surface area contributed by atoms with Crippen molar-refractivity contribution in [3.05, 3.63) is 80.4 Å². The fourth-order valence-electron chi connectivity index (χ4n) is 3.77. The summed E-state index contributed by atoms with van der Waals surface area (Å²) in [6.07, 6.45) is 0.735. The van der Waals surface area contributed by atoms with Gasteiger partial charge in [0.15, 0.2) is 5.43 Å². The van der Waals surface area contributed by atoms with Gasteiger partial charge in [-0.25, -0.2) is 4.39 Å². The van der Waals surface area contributed by atoms with Gasteiger partial charge in [0.2, 0.25) is 5.76 Å². The molecular formula is C22H20ClFN2O3. The van der Waals surface area contributed by atoms with E-state index in [1.807, 2.05) is 19.0 Å². The molecule has 0 aliphatic carbocycles. The zero-order chi connectivity index (χ0) is 20.7. The van der Waals surface area contributed by atoms with Crippen LogP contribution in [0.5, 0.6) is 0 Å². The molecule has 1 aliphatic heterocycles. The number of carbonyl (C=O) groups excluding carboxylic acids is 1. The molecule has 0 radical (unpaired) electrons. The minimum absolute atomic E-state index is 0.0268. The smallest absolute Gasteiger partial charge is 0.290 e. The van der Waals surface area contributed by atoms with E-state index >= 15 is 0 Å². The molecule has 1 aliphatic rings. The van der Waals surface area contributed by atoms with E-state index in [0.717, 1.165) is 24.6 Å². The lowest BCUT2D eigenvalue weighted by Crippen LogP contribution is -2.32. The van der Waals surface area contributed by atoms with Crippen LogP contribution < -0.4 is 5.43 Å². The fourth-order valence-corrected chi connectivity index (χ4v) is 3.90. The van der Waals surface area contributed by atoms with Crippen LogP contribution in [0, 0.1) is 5.82 Å². The number of fused-ring (bicyclic) bond motifs is 2. The Bertz CT molecular complexity index is 1140. The van der Waals surface area contributed by atoms with Crippen molar-refractivity contribution >= 4 is 28.5 Å². The van der Waals surface area contributed by atoms with Crippen molar-refractivity contribution in [2.24, 2.45) is 0 Å². The molecule has 0 bridgehead atoms. The quantitative estimate of drug-likeness (QED) is 0.631. The summed E-state index contributed by atoms with van der Waals surface area (Å²) in [6.45, 7) is 1.25. The minimum atomic E-state index is -0.596. The molecule has 4 rings (SSSR count). The van der Waals surface area contributed by atoms with E-state index in [9.17, 15) is 14.0 Å². The largest absolute Gasteiger partial charge is 0.450 e. The number of hydrogen-bond donors (Lipinski definition) is 0. The molecule has 1 unspecified atom stereocenters. The van der Waals surface area contributed by atoms with Gasteiger partial charge >= 0.3 is 0 Å². The third-order valence-corrected chi connectivity index (χ3v) is 5.37. The lowest BCUT2D eigenvalue weighted by molar-refractivity contribution is 0.0722. The van der Waals surface area contributed by atoms with Crippen LogP contribution in [0.4, 0.5) is 4.39 Å². The predicted molar refractivity (Wildman–Crippen MR) is 110 cm³/mol. The van der Waals surface area contributed by atoms with Gasteiger partial charge in [-0.15, -0.1) is 0 Å². The Morgan fingerprint density at radius 3 is 2.55 bits per heavy atom. The Hall–Kier alpha value is -2.70. The van der Waals surface area contributed by atoms with Crippen molar-refractivity contribution in [3.63, 3.8) is 0 Å². The topological polar surface area (TPSA) is 53.8 Å². The summed E-state index contributed by atoms with van der Waals surface area (Å²) >= 11 is 6.02. The summed E-state index contributed by atoms with van der Waals surface area (Å²) in [5, 5.41) is 0.690. The molecule has 29 heavy (non-hydrogen) atoms. The van der Waals surface area contributed by atoms with Crippen molar-refractivity contribution in [1.82, 2.24) is 9.80 Å². The molecule has 2 heterocycles. The summed E-state index contributed by atoms with van der Waals surface area (Å²) in [5.74, 6) is -0.833. The molecule has 3 aromatic rings. The van der Waals surface area contributed by atoms with Crippen molar-refractivity contribution < 1.29 is 13.6 Å². The van der Waals surface area contributed by atoms with E-state index in [1.54, 1.807) is 29.2 Å². The van der Waals surface area contributed by atoms with Crippen LogP contribution in [0.2, 0.25) is 5.02 Å². The molecule has 0 saturated carbocycles. The highest BCUT2D eigenvalue weighted by atomic mass is 35.5. The molecule has 1 aromatic heterocycles.